The van der Waals surface area contributed by atoms with E-state index in [1.165, 1.54) is 19.2 Å². The highest BCUT2D eigenvalue weighted by atomic mass is 35.5. The fourth-order valence-electron chi connectivity index (χ4n) is 1.44. The fraction of sp³-hybridized carbons (Fsp3) is 0.182. The van der Waals surface area contributed by atoms with E-state index in [0.29, 0.717) is 21.2 Å². The molecule has 0 saturated carbocycles. The minimum atomic E-state index is -0.511. The van der Waals surface area contributed by atoms with Crippen LogP contribution in [0.15, 0.2) is 27.6 Å². The number of hydrogen-bond acceptors (Lipinski definition) is 4. The molecule has 0 aromatic heterocycles. The molecule has 1 aliphatic heterocycles. The Hall–Kier alpha value is -1.20. The van der Waals surface area contributed by atoms with Gasteiger partial charge in [-0.3, -0.25) is 0 Å². The predicted molar refractivity (Wildman–Crippen MR) is 65.6 cm³/mol. The molecule has 0 radical (unpaired) electrons. The van der Waals surface area contributed by atoms with Crippen molar-refractivity contribution in [3.05, 3.63) is 33.6 Å². The van der Waals surface area contributed by atoms with Gasteiger partial charge < -0.3 is 10.1 Å². The molecule has 0 saturated heterocycles. The molecular formula is C11H9ClFNO2S. The maximum atomic E-state index is 13.3. The molecule has 0 aliphatic carbocycles. The summed E-state index contributed by atoms with van der Waals surface area (Å²) < 4.78 is 18.0. The highest BCUT2D eigenvalue weighted by Gasteiger charge is 2.23. The van der Waals surface area contributed by atoms with Crippen LogP contribution in [0, 0.1) is 5.82 Å². The van der Waals surface area contributed by atoms with Crippen LogP contribution in [0.3, 0.4) is 0 Å². The van der Waals surface area contributed by atoms with E-state index < -0.39 is 11.8 Å². The van der Waals surface area contributed by atoms with Gasteiger partial charge in [0, 0.05) is 10.6 Å². The van der Waals surface area contributed by atoms with Gasteiger partial charge in [0.25, 0.3) is 0 Å². The van der Waals surface area contributed by atoms with Gasteiger partial charge in [-0.15, -0.1) is 0 Å². The van der Waals surface area contributed by atoms with Crippen molar-refractivity contribution >= 4 is 35.0 Å². The largest absolute Gasteiger partial charge is 0.465 e. The van der Waals surface area contributed by atoms with E-state index in [4.69, 9.17) is 11.6 Å². The second kappa shape index (κ2) is 4.58. The zero-order chi connectivity index (χ0) is 12.6. The fourth-order valence-corrected chi connectivity index (χ4v) is 2.58. The van der Waals surface area contributed by atoms with Crippen molar-refractivity contribution in [1.29, 1.82) is 0 Å². The lowest BCUT2D eigenvalue weighted by Crippen LogP contribution is -2.13. The van der Waals surface area contributed by atoms with Crippen LogP contribution in [0.1, 0.15) is 6.92 Å². The summed E-state index contributed by atoms with van der Waals surface area (Å²) in [4.78, 5) is 12.5. The molecular weight excluding hydrogens is 265 g/mol. The summed E-state index contributed by atoms with van der Waals surface area (Å²) in [6.07, 6.45) is 0. The van der Waals surface area contributed by atoms with E-state index >= 15 is 0 Å². The third kappa shape index (κ3) is 2.25. The molecule has 0 atom stereocenters. The minimum absolute atomic E-state index is 0.0474. The first-order chi connectivity index (χ1) is 8.02. The number of benzene rings is 1. The van der Waals surface area contributed by atoms with Crippen LogP contribution in [0.4, 0.5) is 10.1 Å². The Balaban J connectivity index is 2.42. The summed E-state index contributed by atoms with van der Waals surface area (Å²) in [5.74, 6) is -0.954. The molecule has 1 aliphatic rings. The second-order valence-corrected chi connectivity index (χ2v) is 4.89. The Kier molecular flexibility index (Phi) is 3.31. The molecule has 0 bridgehead atoms. The van der Waals surface area contributed by atoms with Crippen molar-refractivity contribution in [1.82, 2.24) is 0 Å². The highest BCUT2D eigenvalue weighted by Crippen LogP contribution is 2.41. The van der Waals surface area contributed by atoms with Gasteiger partial charge in [0.05, 0.1) is 17.8 Å². The lowest BCUT2D eigenvalue weighted by molar-refractivity contribution is -0.135. The van der Waals surface area contributed by atoms with Crippen molar-refractivity contribution in [3.63, 3.8) is 0 Å². The molecule has 3 nitrogen and oxygen atoms in total. The summed E-state index contributed by atoms with van der Waals surface area (Å²) in [6.45, 7) is 1.75. The molecule has 1 heterocycles. The number of carbonyl (C=O) groups is 1. The van der Waals surface area contributed by atoms with E-state index in [-0.39, 0.29) is 5.02 Å². The maximum Gasteiger partial charge on any atom is 0.346 e. The van der Waals surface area contributed by atoms with Crippen LogP contribution in [0.25, 0.3) is 0 Å². The summed E-state index contributed by atoms with van der Waals surface area (Å²) in [5.41, 5.74) is 1.35. The van der Waals surface area contributed by atoms with Crippen LogP contribution in [0.5, 0.6) is 0 Å². The van der Waals surface area contributed by atoms with Crippen molar-refractivity contribution in [2.24, 2.45) is 0 Å². The van der Waals surface area contributed by atoms with E-state index in [0.717, 1.165) is 11.8 Å². The molecule has 0 amide bonds. The SMILES string of the molecule is COC(=O)C1=C(C)Nc2cc(Cl)c(F)cc2S1. The standard InChI is InChI=1S/C11H9ClFNO2S/c1-5-10(11(15)16-2)17-9-4-7(13)6(12)3-8(9)14-5/h3-4,14H,1-2H3. The molecule has 0 fully saturated rings. The average molecular weight is 274 g/mol. The Morgan fingerprint density at radius 3 is 2.88 bits per heavy atom. The van der Waals surface area contributed by atoms with Gasteiger partial charge in [-0.05, 0) is 19.1 Å². The lowest BCUT2D eigenvalue weighted by Gasteiger charge is -2.21. The van der Waals surface area contributed by atoms with Crippen LogP contribution in [-0.4, -0.2) is 13.1 Å². The van der Waals surface area contributed by atoms with E-state index in [9.17, 15) is 9.18 Å². The summed E-state index contributed by atoms with van der Waals surface area (Å²) in [5, 5.41) is 3.05. The number of carbonyl (C=O) groups excluding carboxylic acids is 1. The first-order valence-corrected chi connectivity index (χ1v) is 5.95. The number of allylic oxidation sites excluding steroid dienone is 1. The smallest absolute Gasteiger partial charge is 0.346 e. The normalized spacial score (nSPS) is 14.1. The number of hydrogen-bond donors (Lipinski definition) is 1. The predicted octanol–water partition coefficient (Wildman–Crippen LogP) is 3.40. The third-order valence-electron chi connectivity index (χ3n) is 2.27. The van der Waals surface area contributed by atoms with Crippen LogP contribution < -0.4 is 5.32 Å². The molecule has 1 aromatic rings. The van der Waals surface area contributed by atoms with Crippen molar-refractivity contribution in [3.8, 4) is 0 Å². The minimum Gasteiger partial charge on any atom is -0.465 e. The van der Waals surface area contributed by atoms with Gasteiger partial charge in [-0.25, -0.2) is 9.18 Å². The molecule has 1 N–H and O–H groups in total. The van der Waals surface area contributed by atoms with Crippen molar-refractivity contribution in [2.45, 2.75) is 11.8 Å². The van der Waals surface area contributed by atoms with Crippen LogP contribution in [-0.2, 0) is 9.53 Å². The van der Waals surface area contributed by atoms with Crippen LogP contribution in [0.2, 0.25) is 5.02 Å². The number of nitrogens with one attached hydrogen (secondary N) is 1. The number of anilines is 1. The number of methoxy groups -OCH3 is 1. The van der Waals surface area contributed by atoms with Crippen LogP contribution >= 0.6 is 23.4 Å². The Morgan fingerprint density at radius 1 is 1.53 bits per heavy atom. The monoisotopic (exact) mass is 273 g/mol. The maximum absolute atomic E-state index is 13.3. The first-order valence-electron chi connectivity index (χ1n) is 4.76. The lowest BCUT2D eigenvalue weighted by atomic mass is 10.3. The number of rotatable bonds is 1. The number of esters is 1. The molecule has 0 unspecified atom stereocenters. The van der Waals surface area contributed by atoms with Crippen molar-refractivity contribution in [2.75, 3.05) is 12.4 Å². The van der Waals surface area contributed by atoms with Gasteiger partial charge in [0.15, 0.2) is 0 Å². The molecule has 17 heavy (non-hydrogen) atoms. The quantitative estimate of drug-likeness (QED) is 0.796. The number of fused-ring (bicyclic) bond motifs is 1. The van der Waals surface area contributed by atoms with Gasteiger partial charge >= 0.3 is 5.97 Å². The molecule has 90 valence electrons. The zero-order valence-electron chi connectivity index (χ0n) is 9.14. The van der Waals surface area contributed by atoms with Gasteiger partial charge in [0.1, 0.15) is 10.7 Å². The number of thioether (sulfide) groups is 1. The summed E-state index contributed by atoms with van der Waals surface area (Å²) in [7, 11) is 1.31. The van der Waals surface area contributed by atoms with Crippen molar-refractivity contribution < 1.29 is 13.9 Å². The Morgan fingerprint density at radius 2 is 2.24 bits per heavy atom. The van der Waals surface area contributed by atoms with E-state index in [1.807, 2.05) is 0 Å². The highest BCUT2D eigenvalue weighted by molar-refractivity contribution is 8.04. The topological polar surface area (TPSA) is 38.3 Å². The molecule has 0 spiro atoms. The van der Waals surface area contributed by atoms with Gasteiger partial charge in [0.2, 0.25) is 0 Å². The molecule has 1 aromatic carbocycles. The number of ether oxygens (including phenoxy) is 1. The van der Waals surface area contributed by atoms with Gasteiger partial charge in [-0.2, -0.15) is 0 Å². The number of halogens is 2. The van der Waals surface area contributed by atoms with E-state index in [2.05, 4.69) is 10.1 Å². The summed E-state index contributed by atoms with van der Waals surface area (Å²) in [6, 6.07) is 2.79. The Labute approximate surface area is 107 Å². The first kappa shape index (κ1) is 12.3. The third-order valence-corrected chi connectivity index (χ3v) is 3.79. The van der Waals surface area contributed by atoms with E-state index in [1.54, 1.807) is 6.92 Å². The summed E-state index contributed by atoms with van der Waals surface area (Å²) >= 11 is 6.85. The molecule has 6 heteroatoms. The average Bonchev–Trinajstić information content (AvgIpc) is 2.30. The second-order valence-electron chi connectivity index (χ2n) is 3.44. The Bertz CT molecular complexity index is 530. The van der Waals surface area contributed by atoms with Gasteiger partial charge in [-0.1, -0.05) is 23.4 Å². The zero-order valence-corrected chi connectivity index (χ0v) is 10.7. The molecule has 2 rings (SSSR count).